The second kappa shape index (κ2) is 11.9. The summed E-state index contributed by atoms with van der Waals surface area (Å²) in [7, 11) is 0. The predicted molar refractivity (Wildman–Crippen MR) is 49.9 cm³/mol. The quantitative estimate of drug-likeness (QED) is 0.442. The molecular formula is C8H17NO5. The zero-order chi connectivity index (χ0) is 11.4. The average molecular weight is 207 g/mol. The fourth-order valence-electron chi connectivity index (χ4n) is 0.552. The Morgan fingerprint density at radius 3 is 1.43 bits per heavy atom. The summed E-state index contributed by atoms with van der Waals surface area (Å²) in [4.78, 5) is 19.8. The Kier molecular flexibility index (Phi) is 13.0. The maximum absolute atomic E-state index is 9.90. The van der Waals surface area contributed by atoms with E-state index in [9.17, 15) is 9.59 Å². The highest BCUT2D eigenvalue weighted by atomic mass is 16.4. The van der Waals surface area contributed by atoms with E-state index in [2.05, 4.69) is 0 Å². The number of carboxylic acids is 2. The van der Waals surface area contributed by atoms with E-state index in [0.717, 1.165) is 0 Å². The van der Waals surface area contributed by atoms with Gasteiger partial charge >= 0.3 is 11.9 Å². The molecule has 0 atom stereocenters. The van der Waals surface area contributed by atoms with Crippen LogP contribution in [-0.2, 0) is 9.59 Å². The van der Waals surface area contributed by atoms with Crippen LogP contribution in [0.3, 0.4) is 0 Å². The van der Waals surface area contributed by atoms with Gasteiger partial charge in [0.2, 0.25) is 0 Å². The van der Waals surface area contributed by atoms with E-state index in [-0.39, 0.29) is 19.4 Å². The van der Waals surface area contributed by atoms with Gasteiger partial charge in [0.1, 0.15) is 0 Å². The number of hydrogen-bond acceptors (Lipinski definition) is 4. The molecule has 0 aromatic heterocycles. The van der Waals surface area contributed by atoms with E-state index in [1.54, 1.807) is 0 Å². The molecule has 0 aliphatic rings. The van der Waals surface area contributed by atoms with Gasteiger partial charge in [-0.25, -0.2) is 0 Å². The van der Waals surface area contributed by atoms with Crippen LogP contribution in [0.4, 0.5) is 0 Å². The molecule has 0 bridgehead atoms. The van der Waals surface area contributed by atoms with Gasteiger partial charge in [-0.15, -0.1) is 0 Å². The van der Waals surface area contributed by atoms with Crippen molar-refractivity contribution in [2.45, 2.75) is 25.7 Å². The first-order valence-electron chi connectivity index (χ1n) is 4.29. The highest BCUT2D eigenvalue weighted by Crippen LogP contribution is 1.98. The van der Waals surface area contributed by atoms with E-state index in [4.69, 9.17) is 21.1 Å². The molecule has 0 fully saturated rings. The molecule has 0 spiro atoms. The van der Waals surface area contributed by atoms with Crippen LogP contribution in [0, 0.1) is 0 Å². The number of aliphatic hydroxyl groups excluding tert-OH is 1. The van der Waals surface area contributed by atoms with E-state index >= 15 is 0 Å². The van der Waals surface area contributed by atoms with E-state index < -0.39 is 11.9 Å². The number of carbonyl (C=O) groups is 2. The molecule has 0 heterocycles. The molecule has 14 heavy (non-hydrogen) atoms. The molecule has 0 amide bonds. The highest BCUT2D eigenvalue weighted by molar-refractivity contribution is 5.67. The summed E-state index contributed by atoms with van der Waals surface area (Å²) in [5.41, 5.74) is 4.78. The van der Waals surface area contributed by atoms with Crippen molar-refractivity contribution >= 4 is 11.9 Å². The Hall–Kier alpha value is -1.14. The fraction of sp³-hybridized carbons (Fsp3) is 0.750. The molecule has 0 aromatic carbocycles. The predicted octanol–water partition coefficient (Wildman–Crippen LogP) is -0.347. The van der Waals surface area contributed by atoms with Crippen LogP contribution >= 0.6 is 0 Å². The van der Waals surface area contributed by atoms with Crippen LogP contribution in [0.1, 0.15) is 25.7 Å². The van der Waals surface area contributed by atoms with Crippen molar-refractivity contribution in [3.05, 3.63) is 0 Å². The lowest BCUT2D eigenvalue weighted by Gasteiger charge is -1.92. The summed E-state index contributed by atoms with van der Waals surface area (Å²) < 4.78 is 0. The lowest BCUT2D eigenvalue weighted by molar-refractivity contribution is -0.139. The lowest BCUT2D eigenvalue weighted by Crippen LogP contribution is -2.02. The SMILES string of the molecule is NCCO.O=C(O)CCCCC(=O)O. The largest absolute Gasteiger partial charge is 0.481 e. The van der Waals surface area contributed by atoms with Gasteiger partial charge in [0.15, 0.2) is 0 Å². The number of aliphatic hydroxyl groups is 1. The first-order chi connectivity index (χ1) is 6.54. The second-order valence-electron chi connectivity index (χ2n) is 2.51. The second-order valence-corrected chi connectivity index (χ2v) is 2.51. The molecule has 6 heteroatoms. The summed E-state index contributed by atoms with van der Waals surface area (Å²) in [6, 6.07) is 0. The van der Waals surface area contributed by atoms with Crippen LogP contribution in [-0.4, -0.2) is 40.4 Å². The van der Waals surface area contributed by atoms with Crippen LogP contribution in [0.5, 0.6) is 0 Å². The van der Waals surface area contributed by atoms with Crippen molar-refractivity contribution < 1.29 is 24.9 Å². The van der Waals surface area contributed by atoms with Crippen LogP contribution in [0.2, 0.25) is 0 Å². The Bertz CT molecular complexity index is 142. The zero-order valence-corrected chi connectivity index (χ0v) is 7.98. The molecule has 0 aromatic rings. The minimum atomic E-state index is -0.870. The highest BCUT2D eigenvalue weighted by Gasteiger charge is 1.99. The Morgan fingerprint density at radius 2 is 1.29 bits per heavy atom. The summed E-state index contributed by atoms with van der Waals surface area (Å²) in [5, 5.41) is 24.0. The molecule has 0 aliphatic heterocycles. The molecule has 84 valence electrons. The Balaban J connectivity index is 0. The van der Waals surface area contributed by atoms with E-state index in [1.165, 1.54) is 0 Å². The van der Waals surface area contributed by atoms with Crippen molar-refractivity contribution in [3.8, 4) is 0 Å². The third-order valence-corrected chi connectivity index (χ3v) is 1.16. The van der Waals surface area contributed by atoms with Crippen LogP contribution in [0.25, 0.3) is 0 Å². The fourth-order valence-corrected chi connectivity index (χ4v) is 0.552. The maximum Gasteiger partial charge on any atom is 0.303 e. The van der Waals surface area contributed by atoms with Crippen molar-refractivity contribution in [1.29, 1.82) is 0 Å². The lowest BCUT2D eigenvalue weighted by atomic mass is 10.2. The molecular weight excluding hydrogens is 190 g/mol. The first kappa shape index (κ1) is 15.3. The van der Waals surface area contributed by atoms with Crippen LogP contribution < -0.4 is 5.73 Å². The van der Waals surface area contributed by atoms with Gasteiger partial charge in [0.25, 0.3) is 0 Å². The van der Waals surface area contributed by atoms with Gasteiger partial charge in [-0.2, -0.15) is 0 Å². The molecule has 0 saturated heterocycles. The summed E-state index contributed by atoms with van der Waals surface area (Å²) >= 11 is 0. The van der Waals surface area contributed by atoms with Gasteiger partial charge in [-0.05, 0) is 12.8 Å². The smallest absolute Gasteiger partial charge is 0.303 e. The Morgan fingerprint density at radius 1 is 1.00 bits per heavy atom. The summed E-state index contributed by atoms with van der Waals surface area (Å²) in [6.45, 7) is 0.472. The van der Waals surface area contributed by atoms with E-state index in [0.29, 0.717) is 19.4 Å². The molecule has 0 rings (SSSR count). The number of rotatable bonds is 6. The van der Waals surface area contributed by atoms with Crippen molar-refractivity contribution in [3.63, 3.8) is 0 Å². The normalized spacial score (nSPS) is 8.71. The van der Waals surface area contributed by atoms with Gasteiger partial charge in [-0.3, -0.25) is 9.59 Å². The minimum absolute atomic E-state index is 0.0628. The zero-order valence-electron chi connectivity index (χ0n) is 7.98. The van der Waals surface area contributed by atoms with Crippen molar-refractivity contribution in [2.24, 2.45) is 5.73 Å². The van der Waals surface area contributed by atoms with Crippen molar-refractivity contribution in [2.75, 3.05) is 13.2 Å². The first-order valence-corrected chi connectivity index (χ1v) is 4.29. The number of unbranched alkanes of at least 4 members (excludes halogenated alkanes) is 1. The molecule has 0 unspecified atom stereocenters. The third kappa shape index (κ3) is 22.4. The number of nitrogens with two attached hydrogens (primary N) is 1. The summed E-state index contributed by atoms with van der Waals surface area (Å²) in [6.07, 6.45) is 1.02. The topological polar surface area (TPSA) is 121 Å². The molecule has 0 saturated carbocycles. The molecule has 5 N–H and O–H groups in total. The Labute approximate surface area is 82.3 Å². The summed E-state index contributed by atoms with van der Waals surface area (Å²) in [5.74, 6) is -1.74. The van der Waals surface area contributed by atoms with Gasteiger partial charge < -0.3 is 21.1 Å². The molecule has 0 radical (unpaired) electrons. The molecule has 6 nitrogen and oxygen atoms in total. The maximum atomic E-state index is 9.90. The van der Waals surface area contributed by atoms with Gasteiger partial charge in [-0.1, -0.05) is 0 Å². The van der Waals surface area contributed by atoms with Gasteiger partial charge in [0, 0.05) is 19.4 Å². The number of hydrogen-bond donors (Lipinski definition) is 4. The third-order valence-electron chi connectivity index (χ3n) is 1.16. The average Bonchev–Trinajstić information content (AvgIpc) is 2.12. The standard InChI is InChI=1S/C6H10O4.C2H7NO/c7-5(8)3-1-2-4-6(9)10;3-1-2-4/h1-4H2,(H,7,8)(H,9,10);4H,1-3H2. The van der Waals surface area contributed by atoms with Gasteiger partial charge in [0.05, 0.1) is 6.61 Å². The van der Waals surface area contributed by atoms with Crippen LogP contribution in [0.15, 0.2) is 0 Å². The minimum Gasteiger partial charge on any atom is -0.481 e. The number of carboxylic acid groups (broad SMARTS) is 2. The van der Waals surface area contributed by atoms with E-state index in [1.807, 2.05) is 0 Å². The monoisotopic (exact) mass is 207 g/mol. The number of aliphatic carboxylic acids is 2. The molecule has 0 aliphatic carbocycles. The van der Waals surface area contributed by atoms with Crippen molar-refractivity contribution in [1.82, 2.24) is 0 Å².